The molecule has 1 aromatic heterocycles. The van der Waals surface area contributed by atoms with Crippen molar-refractivity contribution in [1.29, 1.82) is 10.9 Å². The summed E-state index contributed by atoms with van der Waals surface area (Å²) in [6.45, 7) is -0.309. The molecule has 1 rings (SSSR count). The maximum Gasteiger partial charge on any atom is 0.331 e. The van der Waals surface area contributed by atoms with Gasteiger partial charge in [-0.1, -0.05) is 0 Å². The predicted octanol–water partition coefficient (Wildman–Crippen LogP) is -1.35. The fourth-order valence-electron chi connectivity index (χ4n) is 1.21. The molecular weight excluding hydrogens is 228 g/mol. The van der Waals surface area contributed by atoms with Gasteiger partial charge in [0, 0.05) is 13.2 Å². The van der Waals surface area contributed by atoms with E-state index in [0.29, 0.717) is 4.57 Å². The van der Waals surface area contributed by atoms with Crippen LogP contribution in [0.5, 0.6) is 0 Å². The van der Waals surface area contributed by atoms with E-state index in [0.717, 1.165) is 10.8 Å². The van der Waals surface area contributed by atoms with Crippen LogP contribution in [0.4, 0.5) is 0 Å². The zero-order chi connectivity index (χ0) is 13.2. The number of hydrogen-bond acceptors (Lipinski definition) is 5. The van der Waals surface area contributed by atoms with Crippen LogP contribution in [-0.2, 0) is 13.6 Å². The van der Waals surface area contributed by atoms with Gasteiger partial charge in [0.05, 0.1) is 6.54 Å². The monoisotopic (exact) mass is 238 g/mol. The van der Waals surface area contributed by atoms with Crippen molar-refractivity contribution < 1.29 is 4.79 Å². The van der Waals surface area contributed by atoms with Crippen LogP contribution >= 0.6 is 0 Å². The fraction of sp³-hybridized carbons (Fsp3) is 0.250. The molecule has 0 spiro atoms. The van der Waals surface area contributed by atoms with E-state index in [1.165, 1.54) is 7.05 Å². The number of hydrogen-bond donors (Lipinski definition) is 3. The minimum atomic E-state index is -0.964. The number of aromatic nitrogens is 2. The largest absolute Gasteiger partial charge is 0.365 e. The minimum Gasteiger partial charge on any atom is -0.365 e. The summed E-state index contributed by atoms with van der Waals surface area (Å²) in [7, 11) is 1.19. The van der Waals surface area contributed by atoms with Crippen LogP contribution in [0.3, 0.4) is 0 Å². The minimum absolute atomic E-state index is 0.309. The lowest BCUT2D eigenvalue weighted by atomic mass is 10.3. The van der Waals surface area contributed by atoms with Crippen molar-refractivity contribution in [2.45, 2.75) is 6.54 Å². The summed E-state index contributed by atoms with van der Waals surface area (Å²) in [5, 5.41) is 9.98. The van der Waals surface area contributed by atoms with Crippen LogP contribution < -0.4 is 17.0 Å². The van der Waals surface area contributed by atoms with Crippen LogP contribution in [0, 0.1) is 10.9 Å². The third-order valence-electron chi connectivity index (χ3n) is 2.07. The molecule has 0 aliphatic carbocycles. The van der Waals surface area contributed by atoms with E-state index < -0.39 is 17.2 Å². The van der Waals surface area contributed by atoms with Crippen molar-refractivity contribution in [2.24, 2.45) is 17.9 Å². The SMILES string of the molecule is Cn1c(=O)c(C(N)=O)cn(CC(=N)N=N)c1=O. The highest BCUT2D eigenvalue weighted by molar-refractivity contribution is 5.92. The molecule has 0 radical (unpaired) electrons. The standard InChI is InChI=1S/C8H10N6O3/c1-13-7(16)4(6(10)15)2-14(8(13)17)3-5(9)12-11/h2,9,11H,3H2,1H3,(H2,10,15). The Hall–Kier alpha value is -2.58. The highest BCUT2D eigenvalue weighted by Crippen LogP contribution is 1.89. The van der Waals surface area contributed by atoms with Crippen molar-refractivity contribution in [3.8, 4) is 0 Å². The summed E-state index contributed by atoms with van der Waals surface area (Å²) < 4.78 is 1.62. The number of carbonyl (C=O) groups excluding carboxylic acids is 1. The average Bonchev–Trinajstić information content (AvgIpc) is 2.29. The molecule has 1 heterocycles. The lowest BCUT2D eigenvalue weighted by Crippen LogP contribution is -2.42. The first kappa shape index (κ1) is 12.5. The Morgan fingerprint density at radius 1 is 1.53 bits per heavy atom. The molecule has 0 atom stereocenters. The van der Waals surface area contributed by atoms with Crippen molar-refractivity contribution in [3.05, 3.63) is 32.6 Å². The lowest BCUT2D eigenvalue weighted by molar-refractivity contribution is 0.0997. The molecular formula is C8H10N6O3. The third-order valence-corrected chi connectivity index (χ3v) is 2.07. The smallest absolute Gasteiger partial charge is 0.331 e. The van der Waals surface area contributed by atoms with Crippen LogP contribution in [-0.4, -0.2) is 20.9 Å². The van der Waals surface area contributed by atoms with Gasteiger partial charge < -0.3 is 5.73 Å². The molecule has 1 amide bonds. The molecule has 0 unspecified atom stereocenters. The predicted molar refractivity (Wildman–Crippen MR) is 57.3 cm³/mol. The topological polar surface area (TPSA) is 147 Å². The number of nitrogens with two attached hydrogens (primary N) is 1. The maximum absolute atomic E-state index is 11.6. The van der Waals surface area contributed by atoms with Gasteiger partial charge in [-0.25, -0.2) is 10.3 Å². The number of nitrogens with zero attached hydrogens (tertiary/aromatic N) is 3. The van der Waals surface area contributed by atoms with Gasteiger partial charge in [0.25, 0.3) is 11.5 Å². The molecule has 9 heteroatoms. The first-order valence-electron chi connectivity index (χ1n) is 4.43. The van der Waals surface area contributed by atoms with Gasteiger partial charge in [0.2, 0.25) is 0 Å². The number of carbonyl (C=O) groups is 1. The maximum atomic E-state index is 11.6. The average molecular weight is 238 g/mol. The molecule has 4 N–H and O–H groups in total. The lowest BCUT2D eigenvalue weighted by Gasteiger charge is -2.07. The normalized spacial score (nSPS) is 9.94. The van der Waals surface area contributed by atoms with E-state index in [4.69, 9.17) is 16.7 Å². The Bertz CT molecular complexity index is 611. The Morgan fingerprint density at radius 3 is 2.59 bits per heavy atom. The summed E-state index contributed by atoms with van der Waals surface area (Å²) >= 11 is 0. The number of amides is 1. The number of amidine groups is 1. The molecule has 0 aliphatic rings. The first-order valence-corrected chi connectivity index (χ1v) is 4.43. The van der Waals surface area contributed by atoms with Crippen LogP contribution in [0.15, 0.2) is 20.9 Å². The summed E-state index contributed by atoms with van der Waals surface area (Å²) in [4.78, 5) is 34.0. The second kappa shape index (κ2) is 4.51. The molecule has 0 bridgehead atoms. The molecule has 0 saturated carbocycles. The molecule has 0 fully saturated rings. The van der Waals surface area contributed by atoms with Crippen LogP contribution in [0.1, 0.15) is 10.4 Å². The molecule has 1 aromatic rings. The highest BCUT2D eigenvalue weighted by Gasteiger charge is 2.13. The number of primary amides is 1. The molecule has 0 aliphatic heterocycles. The van der Waals surface area contributed by atoms with E-state index in [-0.39, 0.29) is 17.9 Å². The van der Waals surface area contributed by atoms with Gasteiger partial charge in [-0.05, 0) is 0 Å². The number of rotatable bonds is 3. The molecule has 90 valence electrons. The van der Waals surface area contributed by atoms with E-state index in [9.17, 15) is 14.4 Å². The van der Waals surface area contributed by atoms with Gasteiger partial charge in [0.15, 0.2) is 5.84 Å². The van der Waals surface area contributed by atoms with Gasteiger partial charge in [-0.2, -0.15) is 0 Å². The summed E-state index contributed by atoms with van der Waals surface area (Å²) in [5.41, 5.74) is 9.70. The quantitative estimate of drug-likeness (QED) is 0.339. The van der Waals surface area contributed by atoms with Crippen molar-refractivity contribution in [1.82, 2.24) is 9.13 Å². The fourth-order valence-corrected chi connectivity index (χ4v) is 1.21. The van der Waals surface area contributed by atoms with Crippen LogP contribution in [0.2, 0.25) is 0 Å². The Labute approximate surface area is 94.5 Å². The van der Waals surface area contributed by atoms with Crippen molar-refractivity contribution in [3.63, 3.8) is 0 Å². The zero-order valence-electron chi connectivity index (χ0n) is 8.93. The first-order chi connectivity index (χ1) is 7.88. The van der Waals surface area contributed by atoms with E-state index >= 15 is 0 Å². The zero-order valence-corrected chi connectivity index (χ0v) is 8.93. The summed E-state index contributed by atoms with van der Waals surface area (Å²) in [6, 6.07) is 0. The van der Waals surface area contributed by atoms with Crippen LogP contribution in [0.25, 0.3) is 0 Å². The Balaban J connectivity index is 3.48. The second-order valence-electron chi connectivity index (χ2n) is 3.24. The van der Waals surface area contributed by atoms with Gasteiger partial charge in [-0.15, -0.1) is 5.11 Å². The molecule has 0 saturated heterocycles. The summed E-state index contributed by atoms with van der Waals surface area (Å²) in [6.07, 6.45) is 0.965. The molecule has 17 heavy (non-hydrogen) atoms. The van der Waals surface area contributed by atoms with Gasteiger partial charge in [0.1, 0.15) is 5.56 Å². The van der Waals surface area contributed by atoms with Crippen molar-refractivity contribution in [2.75, 3.05) is 0 Å². The molecule has 9 nitrogen and oxygen atoms in total. The summed E-state index contributed by atoms with van der Waals surface area (Å²) in [5.74, 6) is -1.35. The Morgan fingerprint density at radius 2 is 2.12 bits per heavy atom. The molecule has 0 aromatic carbocycles. The van der Waals surface area contributed by atoms with Gasteiger partial charge >= 0.3 is 5.69 Å². The second-order valence-corrected chi connectivity index (χ2v) is 3.24. The van der Waals surface area contributed by atoms with E-state index in [2.05, 4.69) is 5.11 Å². The number of nitrogens with one attached hydrogen (secondary N) is 2. The van der Waals surface area contributed by atoms with E-state index in [1.807, 2.05) is 0 Å². The Kier molecular flexibility index (Phi) is 3.31. The van der Waals surface area contributed by atoms with Gasteiger partial charge in [-0.3, -0.25) is 24.1 Å². The third kappa shape index (κ3) is 2.33. The van der Waals surface area contributed by atoms with E-state index in [1.54, 1.807) is 0 Å². The van der Waals surface area contributed by atoms with Crippen molar-refractivity contribution >= 4 is 11.7 Å². The highest BCUT2D eigenvalue weighted by atomic mass is 16.2.